The molecule has 146 valence electrons. The van der Waals surface area contributed by atoms with Crippen LogP contribution in [0.4, 0.5) is 10.8 Å². The number of thiazole rings is 1. The van der Waals surface area contributed by atoms with Gasteiger partial charge in [-0.15, -0.1) is 11.3 Å². The van der Waals surface area contributed by atoms with Crippen molar-refractivity contribution < 1.29 is 0 Å². The number of rotatable bonds is 6. The van der Waals surface area contributed by atoms with E-state index in [-0.39, 0.29) is 0 Å². The lowest BCUT2D eigenvalue weighted by molar-refractivity contribution is 0.986. The summed E-state index contributed by atoms with van der Waals surface area (Å²) in [6, 6.07) is 35.8. The van der Waals surface area contributed by atoms with E-state index in [0.717, 1.165) is 28.6 Å². The van der Waals surface area contributed by atoms with Crippen molar-refractivity contribution in [3.63, 3.8) is 0 Å². The second kappa shape index (κ2) is 8.66. The van der Waals surface area contributed by atoms with Crippen molar-refractivity contribution in [2.24, 2.45) is 0 Å². The maximum Gasteiger partial charge on any atom is 0.191 e. The molecule has 2 heterocycles. The van der Waals surface area contributed by atoms with Crippen molar-refractivity contribution in [1.82, 2.24) is 4.98 Å². The van der Waals surface area contributed by atoms with Crippen LogP contribution in [0.25, 0.3) is 21.7 Å². The van der Waals surface area contributed by atoms with Gasteiger partial charge in [-0.1, -0.05) is 96.3 Å². The highest BCUT2D eigenvalue weighted by molar-refractivity contribution is 7.19. The van der Waals surface area contributed by atoms with Crippen LogP contribution < -0.4 is 4.90 Å². The molecular formula is C26H20N2S2. The molecule has 2 nitrogen and oxygen atoms in total. The number of hydrogen-bond acceptors (Lipinski definition) is 4. The first-order valence-electron chi connectivity index (χ1n) is 9.85. The fourth-order valence-corrected chi connectivity index (χ4v) is 5.24. The minimum atomic E-state index is 0.803. The summed E-state index contributed by atoms with van der Waals surface area (Å²) in [7, 11) is 0. The van der Waals surface area contributed by atoms with Gasteiger partial charge in [0.1, 0.15) is 0 Å². The van der Waals surface area contributed by atoms with E-state index in [1.165, 1.54) is 15.3 Å². The SMILES string of the molecule is c1ccc(-c2nc(N(Cc3cccs3)c3ccccc3)sc2-c2ccccc2)cc1. The smallest absolute Gasteiger partial charge is 0.191 e. The number of hydrogen-bond donors (Lipinski definition) is 0. The Labute approximate surface area is 184 Å². The van der Waals surface area contributed by atoms with Crippen molar-refractivity contribution in [2.45, 2.75) is 6.54 Å². The van der Waals surface area contributed by atoms with Crippen molar-refractivity contribution in [1.29, 1.82) is 0 Å². The van der Waals surface area contributed by atoms with Crippen molar-refractivity contribution in [2.75, 3.05) is 4.90 Å². The molecule has 0 unspecified atom stereocenters. The number of thiophene rings is 1. The molecule has 0 atom stereocenters. The molecule has 0 amide bonds. The van der Waals surface area contributed by atoms with Crippen molar-refractivity contribution >= 4 is 33.5 Å². The normalized spacial score (nSPS) is 10.8. The van der Waals surface area contributed by atoms with Gasteiger partial charge >= 0.3 is 0 Å². The second-order valence-corrected chi connectivity index (χ2v) is 8.92. The van der Waals surface area contributed by atoms with E-state index in [4.69, 9.17) is 4.98 Å². The van der Waals surface area contributed by atoms with Gasteiger partial charge in [0.25, 0.3) is 0 Å². The average molecular weight is 425 g/mol. The first-order valence-corrected chi connectivity index (χ1v) is 11.5. The molecule has 0 saturated carbocycles. The number of anilines is 2. The summed E-state index contributed by atoms with van der Waals surface area (Å²) in [5.41, 5.74) is 4.53. The van der Waals surface area contributed by atoms with Gasteiger partial charge in [0.15, 0.2) is 5.13 Å². The number of nitrogens with zero attached hydrogens (tertiary/aromatic N) is 2. The van der Waals surface area contributed by atoms with Crippen molar-refractivity contribution in [3.8, 4) is 21.7 Å². The summed E-state index contributed by atoms with van der Waals surface area (Å²) >= 11 is 3.53. The third-order valence-corrected chi connectivity index (χ3v) is 6.88. The topological polar surface area (TPSA) is 16.1 Å². The van der Waals surface area contributed by atoms with Gasteiger partial charge in [-0.2, -0.15) is 0 Å². The van der Waals surface area contributed by atoms with E-state index in [9.17, 15) is 0 Å². The summed E-state index contributed by atoms with van der Waals surface area (Å²) in [5, 5.41) is 3.14. The Morgan fingerprint density at radius 2 is 1.30 bits per heavy atom. The highest BCUT2D eigenvalue weighted by Gasteiger charge is 2.20. The van der Waals surface area contributed by atoms with Crippen LogP contribution >= 0.6 is 22.7 Å². The van der Waals surface area contributed by atoms with E-state index in [2.05, 4.69) is 107 Å². The summed E-state index contributed by atoms with van der Waals surface area (Å²) < 4.78 is 0. The molecule has 30 heavy (non-hydrogen) atoms. The predicted octanol–water partition coefficient (Wildman–Crippen LogP) is 7.88. The Morgan fingerprint density at radius 3 is 1.93 bits per heavy atom. The fourth-order valence-electron chi connectivity index (χ4n) is 3.44. The standard InChI is InChI=1S/C26H20N2S2/c1-4-11-20(12-5-1)24-25(21-13-6-2-7-14-21)30-26(27-24)28(19-23-17-10-18-29-23)22-15-8-3-9-16-22/h1-18H,19H2. The molecule has 0 bridgehead atoms. The van der Waals surface area contributed by atoms with Crippen LogP contribution in [0.1, 0.15) is 4.88 Å². The third kappa shape index (κ3) is 3.92. The Kier molecular flexibility index (Phi) is 5.42. The first-order chi connectivity index (χ1) is 14.9. The zero-order chi connectivity index (χ0) is 20.2. The molecule has 0 N–H and O–H groups in total. The summed E-state index contributed by atoms with van der Waals surface area (Å²) in [5.74, 6) is 0. The zero-order valence-electron chi connectivity index (χ0n) is 16.3. The molecule has 3 aromatic carbocycles. The minimum Gasteiger partial charge on any atom is -0.313 e. The largest absolute Gasteiger partial charge is 0.313 e. The van der Waals surface area contributed by atoms with Crippen LogP contribution in [-0.4, -0.2) is 4.98 Å². The molecule has 0 spiro atoms. The van der Waals surface area contributed by atoms with E-state index < -0.39 is 0 Å². The van der Waals surface area contributed by atoms with Gasteiger partial charge in [0.05, 0.1) is 17.1 Å². The summed E-state index contributed by atoms with van der Waals surface area (Å²) in [6.45, 7) is 0.803. The number of benzene rings is 3. The van der Waals surface area contributed by atoms with Crippen LogP contribution in [0.15, 0.2) is 109 Å². The molecule has 4 heteroatoms. The number of para-hydroxylation sites is 1. The predicted molar refractivity (Wildman–Crippen MR) is 130 cm³/mol. The highest BCUT2D eigenvalue weighted by Crippen LogP contribution is 2.42. The molecule has 2 aromatic heterocycles. The second-order valence-electron chi connectivity index (χ2n) is 6.91. The van der Waals surface area contributed by atoms with Gasteiger partial charge in [-0.05, 0) is 29.1 Å². The summed E-state index contributed by atoms with van der Waals surface area (Å²) in [4.78, 5) is 9.99. The van der Waals surface area contributed by atoms with Crippen LogP contribution in [0.2, 0.25) is 0 Å². The van der Waals surface area contributed by atoms with E-state index in [1.54, 1.807) is 22.7 Å². The third-order valence-electron chi connectivity index (χ3n) is 4.89. The van der Waals surface area contributed by atoms with E-state index in [1.807, 2.05) is 6.07 Å². The molecule has 0 aliphatic carbocycles. The Bertz CT molecular complexity index is 1140. The van der Waals surface area contributed by atoms with Crippen LogP contribution in [-0.2, 0) is 6.54 Å². The van der Waals surface area contributed by atoms with E-state index in [0.29, 0.717) is 0 Å². The maximum atomic E-state index is 5.16. The molecule has 5 rings (SSSR count). The molecule has 0 saturated heterocycles. The van der Waals surface area contributed by atoms with Gasteiger partial charge in [0.2, 0.25) is 0 Å². The minimum absolute atomic E-state index is 0.803. The molecule has 0 radical (unpaired) electrons. The van der Waals surface area contributed by atoms with Crippen molar-refractivity contribution in [3.05, 3.63) is 113 Å². The van der Waals surface area contributed by atoms with Crippen LogP contribution in [0, 0.1) is 0 Å². The van der Waals surface area contributed by atoms with Gasteiger partial charge < -0.3 is 4.90 Å². The lowest BCUT2D eigenvalue weighted by Crippen LogP contribution is -2.15. The summed E-state index contributed by atoms with van der Waals surface area (Å²) in [6.07, 6.45) is 0. The number of aromatic nitrogens is 1. The maximum absolute atomic E-state index is 5.16. The Morgan fingerprint density at radius 1 is 0.667 bits per heavy atom. The van der Waals surface area contributed by atoms with E-state index >= 15 is 0 Å². The molecule has 0 aliphatic heterocycles. The molecular weight excluding hydrogens is 404 g/mol. The molecule has 0 fully saturated rings. The van der Waals surface area contributed by atoms with Gasteiger partial charge in [0, 0.05) is 16.1 Å². The average Bonchev–Trinajstić information content (AvgIpc) is 3.49. The monoisotopic (exact) mass is 424 g/mol. The van der Waals surface area contributed by atoms with Crippen LogP contribution in [0.3, 0.4) is 0 Å². The Balaban J connectivity index is 1.65. The zero-order valence-corrected chi connectivity index (χ0v) is 17.9. The highest BCUT2D eigenvalue weighted by atomic mass is 32.1. The van der Waals surface area contributed by atoms with Crippen LogP contribution in [0.5, 0.6) is 0 Å². The van der Waals surface area contributed by atoms with Gasteiger partial charge in [-0.25, -0.2) is 4.98 Å². The quantitative estimate of drug-likeness (QED) is 0.276. The lowest BCUT2D eigenvalue weighted by Gasteiger charge is -2.21. The molecule has 5 aromatic rings. The fraction of sp³-hybridized carbons (Fsp3) is 0.0385. The Hall–Kier alpha value is -3.21. The first kappa shape index (κ1) is 18.8. The lowest BCUT2D eigenvalue weighted by atomic mass is 10.1. The molecule has 0 aliphatic rings. The van der Waals surface area contributed by atoms with Gasteiger partial charge in [-0.3, -0.25) is 0 Å².